The minimum atomic E-state index is -0.780. The van der Waals surface area contributed by atoms with E-state index in [2.05, 4.69) is 16.5 Å². The number of fused-ring (bicyclic) bond motifs is 1. The van der Waals surface area contributed by atoms with Gasteiger partial charge in [0.2, 0.25) is 0 Å². The molecule has 1 heterocycles. The van der Waals surface area contributed by atoms with Crippen LogP contribution < -0.4 is 4.74 Å². The summed E-state index contributed by atoms with van der Waals surface area (Å²) in [5.74, 6) is 1.71. The molecule has 0 radical (unpaired) electrons. The van der Waals surface area contributed by atoms with E-state index in [0.717, 1.165) is 40.2 Å². The highest BCUT2D eigenvalue weighted by molar-refractivity contribution is 6.01. The fourth-order valence-electron chi connectivity index (χ4n) is 3.80. The molecule has 1 atom stereocenters. The Balaban J connectivity index is 1.83. The van der Waals surface area contributed by atoms with Crippen LogP contribution in [0.4, 0.5) is 0 Å². The van der Waals surface area contributed by atoms with Crippen molar-refractivity contribution in [2.24, 2.45) is 0 Å². The maximum absolute atomic E-state index is 12.1. The summed E-state index contributed by atoms with van der Waals surface area (Å²) in [7, 11) is 0. The lowest BCUT2D eigenvalue weighted by molar-refractivity contribution is 0.0994. The van der Waals surface area contributed by atoms with E-state index in [1.54, 1.807) is 12.4 Å². The Morgan fingerprint density at radius 3 is 2.74 bits per heavy atom. The first kappa shape index (κ1) is 17.3. The van der Waals surface area contributed by atoms with Crippen LogP contribution in [0.25, 0.3) is 0 Å². The number of nitrogens with one attached hydrogen (secondary N) is 1. The van der Waals surface area contributed by atoms with Crippen LogP contribution >= 0.6 is 0 Å². The Morgan fingerprint density at radius 1 is 1.22 bits per heavy atom. The predicted molar refractivity (Wildman–Crippen MR) is 105 cm³/mol. The largest absolute Gasteiger partial charge is 0.475 e. The lowest BCUT2D eigenvalue weighted by atomic mass is 9.93. The van der Waals surface area contributed by atoms with Crippen LogP contribution in [0.5, 0.6) is 5.75 Å². The van der Waals surface area contributed by atoms with Gasteiger partial charge < -0.3 is 9.72 Å². The molecule has 1 aliphatic rings. The van der Waals surface area contributed by atoms with Crippen molar-refractivity contribution < 1.29 is 9.53 Å². The summed E-state index contributed by atoms with van der Waals surface area (Å²) < 4.78 is 6.62. The second-order valence-electron chi connectivity index (χ2n) is 6.92. The van der Waals surface area contributed by atoms with Crippen molar-refractivity contribution >= 4 is 5.78 Å². The Morgan fingerprint density at radius 2 is 2.04 bits per heavy atom. The molecule has 27 heavy (non-hydrogen) atoms. The Hall–Kier alpha value is -3.14. The molecule has 1 aromatic heterocycles. The van der Waals surface area contributed by atoms with Gasteiger partial charge in [-0.25, -0.2) is 4.98 Å². The number of ketones is 1. The quantitative estimate of drug-likeness (QED) is 0.655. The number of imidazole rings is 1. The maximum Gasteiger partial charge on any atom is 0.188 e. The van der Waals surface area contributed by atoms with Crippen LogP contribution in [0.15, 0.2) is 67.5 Å². The Kier molecular flexibility index (Phi) is 4.40. The summed E-state index contributed by atoms with van der Waals surface area (Å²) in [6.45, 7) is 5.90. The van der Waals surface area contributed by atoms with Gasteiger partial charge in [-0.1, -0.05) is 36.4 Å². The van der Waals surface area contributed by atoms with Crippen molar-refractivity contribution in [3.63, 3.8) is 0 Å². The third-order valence-electron chi connectivity index (χ3n) is 5.23. The SMILES string of the molecule is C=CCc1c(O[C@@](C)(c2ccccc2)c2ncc[nH]2)ccc2c1CCC2=O. The normalized spacial score (nSPS) is 15.2. The number of hydrogen-bond donors (Lipinski definition) is 1. The van der Waals surface area contributed by atoms with Crippen molar-refractivity contribution in [3.05, 3.63) is 95.6 Å². The van der Waals surface area contributed by atoms with E-state index >= 15 is 0 Å². The summed E-state index contributed by atoms with van der Waals surface area (Å²) in [5, 5.41) is 0. The molecule has 0 unspecified atom stereocenters. The van der Waals surface area contributed by atoms with Crippen molar-refractivity contribution in [2.75, 3.05) is 0 Å². The molecule has 0 saturated carbocycles. The first-order valence-corrected chi connectivity index (χ1v) is 9.16. The summed E-state index contributed by atoms with van der Waals surface area (Å²) in [6, 6.07) is 13.8. The van der Waals surface area contributed by atoms with Crippen LogP contribution in [0, 0.1) is 0 Å². The van der Waals surface area contributed by atoms with Gasteiger partial charge in [-0.05, 0) is 37.5 Å². The van der Waals surface area contributed by atoms with E-state index in [0.29, 0.717) is 12.8 Å². The second kappa shape index (κ2) is 6.88. The molecule has 0 bridgehead atoms. The molecule has 1 N–H and O–H groups in total. The molecule has 4 rings (SSSR count). The van der Waals surface area contributed by atoms with Gasteiger partial charge in [0.1, 0.15) is 5.75 Å². The lowest BCUT2D eigenvalue weighted by Crippen LogP contribution is -2.32. The van der Waals surface area contributed by atoms with Crippen LogP contribution in [0.3, 0.4) is 0 Å². The van der Waals surface area contributed by atoms with Gasteiger partial charge in [0, 0.05) is 35.5 Å². The molecule has 2 aromatic carbocycles. The van der Waals surface area contributed by atoms with E-state index in [1.807, 2.05) is 55.5 Å². The summed E-state index contributed by atoms with van der Waals surface area (Å²) in [4.78, 5) is 19.8. The van der Waals surface area contributed by atoms with Gasteiger partial charge in [-0.2, -0.15) is 0 Å². The van der Waals surface area contributed by atoms with E-state index < -0.39 is 5.60 Å². The number of aromatic amines is 1. The molecular weight excluding hydrogens is 336 g/mol. The topological polar surface area (TPSA) is 55.0 Å². The van der Waals surface area contributed by atoms with Gasteiger partial charge in [-0.3, -0.25) is 4.79 Å². The average Bonchev–Trinajstić information content (AvgIpc) is 3.35. The number of ether oxygens (including phenoxy) is 1. The van der Waals surface area contributed by atoms with Crippen molar-refractivity contribution in [2.45, 2.75) is 31.8 Å². The predicted octanol–water partition coefficient (Wildman–Crippen LogP) is 4.61. The third kappa shape index (κ3) is 2.97. The van der Waals surface area contributed by atoms with Gasteiger partial charge in [-0.15, -0.1) is 6.58 Å². The summed E-state index contributed by atoms with van der Waals surface area (Å²) >= 11 is 0. The molecule has 0 saturated heterocycles. The molecule has 0 spiro atoms. The molecule has 3 aromatic rings. The van der Waals surface area contributed by atoms with Gasteiger partial charge in [0.25, 0.3) is 0 Å². The number of Topliss-reactive ketones (excluding diaryl/α,β-unsaturated/α-hetero) is 1. The Bertz CT molecular complexity index is 977. The zero-order valence-electron chi connectivity index (χ0n) is 15.4. The van der Waals surface area contributed by atoms with E-state index in [4.69, 9.17) is 4.74 Å². The van der Waals surface area contributed by atoms with Crippen LogP contribution in [-0.2, 0) is 18.4 Å². The highest BCUT2D eigenvalue weighted by Gasteiger charge is 2.35. The summed E-state index contributed by atoms with van der Waals surface area (Å²) in [5.41, 5.74) is 3.17. The minimum absolute atomic E-state index is 0.207. The molecule has 1 aliphatic carbocycles. The zero-order chi connectivity index (χ0) is 18.9. The van der Waals surface area contributed by atoms with Crippen molar-refractivity contribution in [1.82, 2.24) is 9.97 Å². The number of carbonyl (C=O) groups is 1. The van der Waals surface area contributed by atoms with Gasteiger partial charge in [0.05, 0.1) is 0 Å². The molecule has 0 aliphatic heterocycles. The third-order valence-corrected chi connectivity index (χ3v) is 5.23. The Labute approximate surface area is 158 Å². The average molecular weight is 358 g/mol. The van der Waals surface area contributed by atoms with Crippen LogP contribution in [0.2, 0.25) is 0 Å². The minimum Gasteiger partial charge on any atom is -0.475 e. The standard InChI is InChI=1S/C23H22N2O2/c1-3-7-19-17-10-12-20(26)18(17)11-13-21(19)27-23(2,22-24-14-15-25-22)16-8-5-4-6-9-16/h3-6,8-9,11,13-15H,1,7,10,12H2,2H3,(H,24,25)/t23-/m0/s1. The maximum atomic E-state index is 12.1. The van der Waals surface area contributed by atoms with Crippen molar-refractivity contribution in [1.29, 1.82) is 0 Å². The van der Waals surface area contributed by atoms with E-state index in [9.17, 15) is 4.79 Å². The van der Waals surface area contributed by atoms with Gasteiger partial charge >= 0.3 is 0 Å². The number of rotatable bonds is 6. The number of nitrogens with zero attached hydrogens (tertiary/aromatic N) is 1. The summed E-state index contributed by atoms with van der Waals surface area (Å²) in [6.07, 6.45) is 7.37. The van der Waals surface area contributed by atoms with E-state index in [-0.39, 0.29) is 5.78 Å². The van der Waals surface area contributed by atoms with Crippen LogP contribution in [-0.4, -0.2) is 15.8 Å². The monoisotopic (exact) mass is 358 g/mol. The highest BCUT2D eigenvalue weighted by atomic mass is 16.5. The fraction of sp³-hybridized carbons (Fsp3) is 0.217. The second-order valence-corrected chi connectivity index (χ2v) is 6.92. The molecule has 136 valence electrons. The highest BCUT2D eigenvalue weighted by Crippen LogP contribution is 2.38. The first-order chi connectivity index (χ1) is 13.1. The number of carbonyl (C=O) groups excluding carboxylic acids is 1. The molecule has 0 amide bonds. The molecule has 0 fully saturated rings. The van der Waals surface area contributed by atoms with Crippen molar-refractivity contribution in [3.8, 4) is 5.75 Å². The van der Waals surface area contributed by atoms with Crippen LogP contribution in [0.1, 0.15) is 46.2 Å². The number of allylic oxidation sites excluding steroid dienone is 1. The number of hydrogen-bond acceptors (Lipinski definition) is 3. The first-order valence-electron chi connectivity index (χ1n) is 9.16. The fourth-order valence-corrected chi connectivity index (χ4v) is 3.80. The number of aromatic nitrogens is 2. The smallest absolute Gasteiger partial charge is 0.188 e. The molecule has 4 nitrogen and oxygen atoms in total. The number of benzene rings is 2. The lowest BCUT2D eigenvalue weighted by Gasteiger charge is -2.31. The number of H-pyrrole nitrogens is 1. The van der Waals surface area contributed by atoms with E-state index in [1.165, 1.54) is 0 Å². The van der Waals surface area contributed by atoms with Gasteiger partial charge in [0.15, 0.2) is 17.2 Å². The zero-order valence-corrected chi connectivity index (χ0v) is 15.4. The molecule has 4 heteroatoms. The molecular formula is C23H22N2O2.